The van der Waals surface area contributed by atoms with Crippen LogP contribution in [0.3, 0.4) is 0 Å². The van der Waals surface area contributed by atoms with E-state index in [2.05, 4.69) is 10.2 Å². The Bertz CT molecular complexity index is 640. The van der Waals surface area contributed by atoms with Gasteiger partial charge in [-0.2, -0.15) is 0 Å². The number of carbonyl (C=O) groups is 1. The van der Waals surface area contributed by atoms with Crippen molar-refractivity contribution in [1.29, 1.82) is 0 Å². The highest BCUT2D eigenvalue weighted by Crippen LogP contribution is 2.16. The SMILES string of the molecule is COCONC(=O)/C=C/c1cccc(OCc2ccccc2)c1. The van der Waals surface area contributed by atoms with Crippen LogP contribution in [0, 0.1) is 0 Å². The quantitative estimate of drug-likeness (QED) is 0.352. The topological polar surface area (TPSA) is 56.8 Å². The molecular weight excluding hydrogens is 294 g/mol. The molecule has 0 unspecified atom stereocenters. The lowest BCUT2D eigenvalue weighted by atomic mass is 10.2. The summed E-state index contributed by atoms with van der Waals surface area (Å²) in [6.45, 7) is 0.502. The number of carbonyl (C=O) groups excluding carboxylic acids is 1. The summed E-state index contributed by atoms with van der Waals surface area (Å²) < 4.78 is 10.4. The maximum Gasteiger partial charge on any atom is 0.267 e. The summed E-state index contributed by atoms with van der Waals surface area (Å²) in [5.74, 6) is 0.379. The summed E-state index contributed by atoms with van der Waals surface area (Å²) in [6.07, 6.45) is 3.06. The zero-order chi connectivity index (χ0) is 16.3. The summed E-state index contributed by atoms with van der Waals surface area (Å²) in [4.78, 5) is 16.2. The molecule has 0 bridgehead atoms. The van der Waals surface area contributed by atoms with Gasteiger partial charge in [0.1, 0.15) is 12.4 Å². The van der Waals surface area contributed by atoms with E-state index in [0.29, 0.717) is 6.61 Å². The van der Waals surface area contributed by atoms with Gasteiger partial charge in [-0.1, -0.05) is 42.5 Å². The van der Waals surface area contributed by atoms with Gasteiger partial charge in [0.15, 0.2) is 6.79 Å². The number of methoxy groups -OCH3 is 1. The molecule has 5 nitrogen and oxygen atoms in total. The van der Waals surface area contributed by atoms with Crippen molar-refractivity contribution in [2.45, 2.75) is 6.61 Å². The molecule has 0 spiro atoms. The number of amides is 1. The van der Waals surface area contributed by atoms with Gasteiger partial charge in [-0.3, -0.25) is 4.79 Å². The van der Waals surface area contributed by atoms with Gasteiger partial charge in [0.2, 0.25) is 0 Å². The second-order valence-electron chi connectivity index (χ2n) is 4.70. The molecular formula is C18H19NO4. The molecule has 0 aliphatic heterocycles. The first-order valence-corrected chi connectivity index (χ1v) is 7.13. The van der Waals surface area contributed by atoms with E-state index in [9.17, 15) is 4.79 Å². The van der Waals surface area contributed by atoms with Crippen molar-refractivity contribution in [3.8, 4) is 5.75 Å². The Kier molecular flexibility index (Phi) is 6.84. The lowest BCUT2D eigenvalue weighted by Crippen LogP contribution is -2.22. The van der Waals surface area contributed by atoms with Gasteiger partial charge in [0, 0.05) is 13.2 Å². The average molecular weight is 313 g/mol. The van der Waals surface area contributed by atoms with E-state index in [-0.39, 0.29) is 12.7 Å². The number of rotatable bonds is 8. The van der Waals surface area contributed by atoms with Crippen LogP contribution in [0.4, 0.5) is 0 Å². The van der Waals surface area contributed by atoms with Crippen LogP contribution in [-0.2, 0) is 21.0 Å². The molecule has 1 N–H and O–H groups in total. The summed E-state index contributed by atoms with van der Waals surface area (Å²) in [5, 5.41) is 0. The van der Waals surface area contributed by atoms with Gasteiger partial charge in [-0.25, -0.2) is 10.3 Å². The first kappa shape index (κ1) is 16.7. The standard InChI is InChI=1S/C18H19NO4/c1-21-14-23-19-18(20)11-10-15-8-5-9-17(12-15)22-13-16-6-3-2-4-7-16/h2-12H,13-14H2,1H3,(H,19,20)/b11-10+. The molecule has 0 saturated carbocycles. The molecule has 0 fully saturated rings. The highest BCUT2D eigenvalue weighted by molar-refractivity contribution is 5.90. The average Bonchev–Trinajstić information content (AvgIpc) is 2.60. The molecule has 0 saturated heterocycles. The summed E-state index contributed by atoms with van der Waals surface area (Å²) >= 11 is 0. The second-order valence-corrected chi connectivity index (χ2v) is 4.70. The summed E-state index contributed by atoms with van der Waals surface area (Å²) in [6, 6.07) is 17.4. The first-order chi connectivity index (χ1) is 11.3. The largest absolute Gasteiger partial charge is 0.489 e. The summed E-state index contributed by atoms with van der Waals surface area (Å²) in [5.41, 5.74) is 4.19. The zero-order valence-corrected chi connectivity index (χ0v) is 12.9. The van der Waals surface area contributed by atoms with Gasteiger partial charge in [-0.05, 0) is 29.3 Å². The smallest absolute Gasteiger partial charge is 0.267 e. The minimum Gasteiger partial charge on any atom is -0.489 e. The predicted octanol–water partition coefficient (Wildman–Crippen LogP) is 2.93. The number of hydrogen-bond donors (Lipinski definition) is 1. The van der Waals surface area contributed by atoms with E-state index in [4.69, 9.17) is 9.57 Å². The van der Waals surface area contributed by atoms with Crippen LogP contribution in [0.2, 0.25) is 0 Å². The molecule has 2 aromatic rings. The molecule has 120 valence electrons. The monoisotopic (exact) mass is 313 g/mol. The summed E-state index contributed by atoms with van der Waals surface area (Å²) in [7, 11) is 1.48. The molecule has 1 amide bonds. The van der Waals surface area contributed by atoms with E-state index < -0.39 is 0 Å². The number of nitrogens with one attached hydrogen (secondary N) is 1. The van der Waals surface area contributed by atoms with Gasteiger partial charge >= 0.3 is 0 Å². The molecule has 0 atom stereocenters. The lowest BCUT2D eigenvalue weighted by molar-refractivity contribution is -0.139. The van der Waals surface area contributed by atoms with Crippen LogP contribution in [0.5, 0.6) is 5.75 Å². The van der Waals surface area contributed by atoms with Gasteiger partial charge < -0.3 is 9.47 Å². The second kappa shape index (κ2) is 9.40. The Morgan fingerprint density at radius 1 is 1.13 bits per heavy atom. The molecule has 23 heavy (non-hydrogen) atoms. The van der Waals surface area contributed by atoms with Crippen molar-refractivity contribution in [3.05, 3.63) is 71.8 Å². The third-order valence-electron chi connectivity index (χ3n) is 2.88. The van der Waals surface area contributed by atoms with E-state index in [1.54, 1.807) is 6.08 Å². The van der Waals surface area contributed by atoms with Crippen LogP contribution in [0.15, 0.2) is 60.7 Å². The van der Waals surface area contributed by atoms with Crippen molar-refractivity contribution in [2.24, 2.45) is 0 Å². The molecule has 0 aliphatic rings. The first-order valence-electron chi connectivity index (χ1n) is 7.13. The van der Waals surface area contributed by atoms with E-state index in [1.165, 1.54) is 13.2 Å². The lowest BCUT2D eigenvalue weighted by Gasteiger charge is -2.07. The fourth-order valence-corrected chi connectivity index (χ4v) is 1.81. The maximum atomic E-state index is 11.5. The Balaban J connectivity index is 1.88. The van der Waals surface area contributed by atoms with Crippen LogP contribution in [0.25, 0.3) is 6.08 Å². The van der Waals surface area contributed by atoms with Gasteiger partial charge in [-0.15, -0.1) is 0 Å². The number of hydrogen-bond acceptors (Lipinski definition) is 4. The van der Waals surface area contributed by atoms with Crippen LogP contribution in [0.1, 0.15) is 11.1 Å². The highest BCUT2D eigenvalue weighted by atomic mass is 16.8. The van der Waals surface area contributed by atoms with Crippen molar-refractivity contribution in [3.63, 3.8) is 0 Å². The third kappa shape index (κ3) is 6.34. The maximum absolute atomic E-state index is 11.5. The number of ether oxygens (including phenoxy) is 2. The molecule has 0 heterocycles. The Hall–Kier alpha value is -2.63. The molecule has 0 radical (unpaired) electrons. The van der Waals surface area contributed by atoms with Crippen molar-refractivity contribution in [2.75, 3.05) is 13.9 Å². The number of hydroxylamine groups is 1. The van der Waals surface area contributed by atoms with Crippen LogP contribution in [-0.4, -0.2) is 19.8 Å². The zero-order valence-electron chi connectivity index (χ0n) is 12.9. The van der Waals surface area contributed by atoms with Crippen molar-refractivity contribution < 1.29 is 19.1 Å². The highest BCUT2D eigenvalue weighted by Gasteiger charge is 1.98. The van der Waals surface area contributed by atoms with E-state index >= 15 is 0 Å². The van der Waals surface area contributed by atoms with Gasteiger partial charge in [0.05, 0.1) is 0 Å². The predicted molar refractivity (Wildman–Crippen MR) is 87.4 cm³/mol. The Morgan fingerprint density at radius 2 is 1.96 bits per heavy atom. The minimum absolute atomic E-state index is 0.00237. The Labute approximate surface area is 135 Å². The van der Waals surface area contributed by atoms with E-state index in [0.717, 1.165) is 16.9 Å². The van der Waals surface area contributed by atoms with Crippen molar-refractivity contribution >= 4 is 12.0 Å². The van der Waals surface area contributed by atoms with Crippen molar-refractivity contribution in [1.82, 2.24) is 5.48 Å². The third-order valence-corrected chi connectivity index (χ3v) is 2.88. The van der Waals surface area contributed by atoms with E-state index in [1.807, 2.05) is 54.6 Å². The van der Waals surface area contributed by atoms with Crippen LogP contribution < -0.4 is 10.2 Å². The normalized spacial score (nSPS) is 10.7. The molecule has 0 aromatic heterocycles. The Morgan fingerprint density at radius 3 is 2.74 bits per heavy atom. The molecule has 2 aromatic carbocycles. The number of benzene rings is 2. The molecule has 5 heteroatoms. The fraction of sp³-hybridized carbons (Fsp3) is 0.167. The minimum atomic E-state index is -0.363. The van der Waals surface area contributed by atoms with Gasteiger partial charge in [0.25, 0.3) is 5.91 Å². The van der Waals surface area contributed by atoms with Crippen LogP contribution >= 0.6 is 0 Å². The molecule has 2 rings (SSSR count). The molecule has 0 aliphatic carbocycles. The fourth-order valence-electron chi connectivity index (χ4n) is 1.81.